The van der Waals surface area contributed by atoms with E-state index < -0.39 is 0 Å². The van der Waals surface area contributed by atoms with Crippen molar-refractivity contribution in [1.82, 2.24) is 9.55 Å². The van der Waals surface area contributed by atoms with E-state index in [1.165, 1.54) is 5.56 Å². The number of rotatable bonds is 8. The number of methoxy groups -OCH3 is 1. The zero-order valence-electron chi connectivity index (χ0n) is 17.0. The first-order valence-electron chi connectivity index (χ1n) is 10.1. The Morgan fingerprint density at radius 3 is 2.31 bits per heavy atom. The molecule has 0 aliphatic heterocycles. The van der Waals surface area contributed by atoms with Crippen LogP contribution in [-0.2, 0) is 13.0 Å². The van der Waals surface area contributed by atoms with Gasteiger partial charge in [0.15, 0.2) is 0 Å². The number of imidazole rings is 1. The maximum atomic E-state index is 5.94. The van der Waals surface area contributed by atoms with Crippen molar-refractivity contribution in [3.63, 3.8) is 0 Å². The standard InChI is InChI=1S/C25H26N2O2/c1-3-19-9-13-22(14-10-19)29-18-6-17-27-24-8-5-4-7-23(24)26-25(27)20-11-15-21(28-2)16-12-20/h4-5,7-16H,3,6,17-18H2,1-2H3. The molecule has 29 heavy (non-hydrogen) atoms. The SMILES string of the molecule is CCc1ccc(OCCCn2c(-c3ccc(OC)cc3)nc3ccccc32)cc1. The summed E-state index contributed by atoms with van der Waals surface area (Å²) in [5.74, 6) is 2.74. The molecule has 0 bridgehead atoms. The Bertz CT molecular complexity index is 1070. The van der Waals surface area contributed by atoms with Gasteiger partial charge < -0.3 is 14.0 Å². The lowest BCUT2D eigenvalue weighted by Gasteiger charge is -2.11. The zero-order chi connectivity index (χ0) is 20.1. The van der Waals surface area contributed by atoms with Gasteiger partial charge in [-0.15, -0.1) is 0 Å². The molecular formula is C25H26N2O2. The predicted molar refractivity (Wildman–Crippen MR) is 118 cm³/mol. The summed E-state index contributed by atoms with van der Waals surface area (Å²) in [4.78, 5) is 4.88. The van der Waals surface area contributed by atoms with Gasteiger partial charge in [0.25, 0.3) is 0 Å². The van der Waals surface area contributed by atoms with E-state index in [0.717, 1.165) is 53.3 Å². The van der Waals surface area contributed by atoms with Gasteiger partial charge in [-0.2, -0.15) is 0 Å². The van der Waals surface area contributed by atoms with Crippen molar-refractivity contribution in [3.05, 3.63) is 78.4 Å². The van der Waals surface area contributed by atoms with Gasteiger partial charge in [-0.1, -0.05) is 31.2 Å². The van der Waals surface area contributed by atoms with Crippen LogP contribution in [-0.4, -0.2) is 23.3 Å². The van der Waals surface area contributed by atoms with Gasteiger partial charge in [0, 0.05) is 12.1 Å². The van der Waals surface area contributed by atoms with Crippen LogP contribution in [0, 0.1) is 0 Å². The van der Waals surface area contributed by atoms with Crippen LogP contribution in [0.3, 0.4) is 0 Å². The van der Waals surface area contributed by atoms with E-state index in [0.29, 0.717) is 6.61 Å². The molecule has 4 aromatic rings. The van der Waals surface area contributed by atoms with Gasteiger partial charge in [0.05, 0.1) is 24.8 Å². The molecule has 0 amide bonds. The Balaban J connectivity index is 1.50. The average Bonchev–Trinajstić information content (AvgIpc) is 3.16. The third-order valence-corrected chi connectivity index (χ3v) is 5.13. The fourth-order valence-corrected chi connectivity index (χ4v) is 3.50. The number of aromatic nitrogens is 2. The monoisotopic (exact) mass is 386 g/mol. The summed E-state index contributed by atoms with van der Waals surface area (Å²) >= 11 is 0. The zero-order valence-corrected chi connectivity index (χ0v) is 17.0. The Hall–Kier alpha value is -3.27. The molecule has 0 aliphatic carbocycles. The summed E-state index contributed by atoms with van der Waals surface area (Å²) in [5.41, 5.74) is 4.56. The molecule has 0 saturated carbocycles. The average molecular weight is 386 g/mol. The lowest BCUT2D eigenvalue weighted by atomic mass is 10.2. The fourth-order valence-electron chi connectivity index (χ4n) is 3.50. The van der Waals surface area contributed by atoms with E-state index in [1.807, 2.05) is 30.3 Å². The first kappa shape index (κ1) is 19.1. The van der Waals surface area contributed by atoms with Crippen molar-refractivity contribution < 1.29 is 9.47 Å². The topological polar surface area (TPSA) is 36.3 Å². The second-order valence-electron chi connectivity index (χ2n) is 7.00. The van der Waals surface area contributed by atoms with Gasteiger partial charge in [-0.3, -0.25) is 0 Å². The summed E-state index contributed by atoms with van der Waals surface area (Å²) in [6.07, 6.45) is 1.95. The summed E-state index contributed by atoms with van der Waals surface area (Å²) < 4.78 is 13.5. The maximum Gasteiger partial charge on any atom is 0.141 e. The van der Waals surface area contributed by atoms with Gasteiger partial charge in [0.2, 0.25) is 0 Å². The van der Waals surface area contributed by atoms with Crippen LogP contribution in [0.5, 0.6) is 11.5 Å². The summed E-state index contributed by atoms with van der Waals surface area (Å²) in [6, 6.07) is 24.7. The lowest BCUT2D eigenvalue weighted by molar-refractivity contribution is 0.303. The highest BCUT2D eigenvalue weighted by Gasteiger charge is 2.12. The molecule has 0 spiro atoms. The molecule has 0 N–H and O–H groups in total. The van der Waals surface area contributed by atoms with Crippen molar-refractivity contribution in [2.45, 2.75) is 26.3 Å². The maximum absolute atomic E-state index is 5.94. The van der Waals surface area contributed by atoms with Gasteiger partial charge in [-0.25, -0.2) is 4.98 Å². The Morgan fingerprint density at radius 1 is 0.862 bits per heavy atom. The first-order valence-corrected chi connectivity index (χ1v) is 10.1. The largest absolute Gasteiger partial charge is 0.497 e. The van der Waals surface area contributed by atoms with E-state index in [2.05, 4.69) is 54.0 Å². The minimum absolute atomic E-state index is 0.667. The normalized spacial score (nSPS) is 11.0. The van der Waals surface area contributed by atoms with E-state index in [4.69, 9.17) is 14.5 Å². The molecule has 0 atom stereocenters. The highest BCUT2D eigenvalue weighted by molar-refractivity contribution is 5.80. The number of nitrogens with zero attached hydrogens (tertiary/aromatic N) is 2. The van der Waals surface area contributed by atoms with Crippen LogP contribution < -0.4 is 9.47 Å². The van der Waals surface area contributed by atoms with Gasteiger partial charge >= 0.3 is 0 Å². The smallest absolute Gasteiger partial charge is 0.141 e. The Morgan fingerprint density at radius 2 is 1.59 bits per heavy atom. The fraction of sp³-hybridized carbons (Fsp3) is 0.240. The number of para-hydroxylation sites is 2. The molecule has 0 fully saturated rings. The molecular weight excluding hydrogens is 360 g/mol. The Labute approximate surface area is 171 Å². The molecule has 1 aromatic heterocycles. The van der Waals surface area contributed by atoms with Crippen LogP contribution in [0.2, 0.25) is 0 Å². The molecule has 0 radical (unpaired) electrons. The lowest BCUT2D eigenvalue weighted by Crippen LogP contribution is -2.06. The molecule has 4 nitrogen and oxygen atoms in total. The van der Waals surface area contributed by atoms with Crippen LogP contribution >= 0.6 is 0 Å². The molecule has 148 valence electrons. The van der Waals surface area contributed by atoms with Crippen molar-refractivity contribution in [3.8, 4) is 22.9 Å². The minimum atomic E-state index is 0.667. The number of hydrogen-bond donors (Lipinski definition) is 0. The molecule has 4 rings (SSSR count). The molecule has 3 aromatic carbocycles. The van der Waals surface area contributed by atoms with Gasteiger partial charge in [0.1, 0.15) is 17.3 Å². The third-order valence-electron chi connectivity index (χ3n) is 5.13. The second kappa shape index (κ2) is 8.82. The van der Waals surface area contributed by atoms with Crippen molar-refractivity contribution in [1.29, 1.82) is 0 Å². The highest BCUT2D eigenvalue weighted by Crippen LogP contribution is 2.26. The van der Waals surface area contributed by atoms with Crippen LogP contribution in [0.25, 0.3) is 22.4 Å². The van der Waals surface area contributed by atoms with E-state index >= 15 is 0 Å². The third kappa shape index (κ3) is 4.27. The number of aryl methyl sites for hydroxylation is 2. The Kier molecular flexibility index (Phi) is 5.80. The quantitative estimate of drug-likeness (QED) is 0.362. The summed E-state index contributed by atoms with van der Waals surface area (Å²) in [6.45, 7) is 3.67. The van der Waals surface area contributed by atoms with Crippen molar-refractivity contribution in [2.75, 3.05) is 13.7 Å². The molecule has 0 unspecified atom stereocenters. The van der Waals surface area contributed by atoms with E-state index in [1.54, 1.807) is 7.11 Å². The van der Waals surface area contributed by atoms with Gasteiger partial charge in [-0.05, 0) is 66.9 Å². The van der Waals surface area contributed by atoms with Crippen molar-refractivity contribution in [2.24, 2.45) is 0 Å². The summed E-state index contributed by atoms with van der Waals surface area (Å²) in [7, 11) is 1.68. The minimum Gasteiger partial charge on any atom is -0.497 e. The first-order chi connectivity index (χ1) is 14.3. The summed E-state index contributed by atoms with van der Waals surface area (Å²) in [5, 5.41) is 0. The van der Waals surface area contributed by atoms with Crippen LogP contribution in [0.1, 0.15) is 18.9 Å². The predicted octanol–water partition coefficient (Wildman–Crippen LogP) is 5.74. The van der Waals surface area contributed by atoms with Crippen LogP contribution in [0.4, 0.5) is 0 Å². The number of benzene rings is 3. The van der Waals surface area contributed by atoms with E-state index in [-0.39, 0.29) is 0 Å². The van der Waals surface area contributed by atoms with Crippen LogP contribution in [0.15, 0.2) is 72.8 Å². The second-order valence-corrected chi connectivity index (χ2v) is 7.00. The highest BCUT2D eigenvalue weighted by atomic mass is 16.5. The molecule has 4 heteroatoms. The number of hydrogen-bond acceptors (Lipinski definition) is 3. The number of fused-ring (bicyclic) bond motifs is 1. The van der Waals surface area contributed by atoms with E-state index in [9.17, 15) is 0 Å². The molecule has 1 heterocycles. The molecule has 0 saturated heterocycles. The number of ether oxygens (including phenoxy) is 2. The molecule has 0 aliphatic rings. The van der Waals surface area contributed by atoms with Crippen molar-refractivity contribution >= 4 is 11.0 Å².